The van der Waals surface area contributed by atoms with Crippen molar-refractivity contribution in [2.75, 3.05) is 6.61 Å². The summed E-state index contributed by atoms with van der Waals surface area (Å²) >= 11 is 0. The Bertz CT molecular complexity index is 360. The molecule has 1 aliphatic heterocycles. The topological polar surface area (TPSA) is 35.5 Å². The van der Waals surface area contributed by atoms with Crippen LogP contribution >= 0.6 is 0 Å². The Morgan fingerprint density at radius 2 is 2.33 bits per heavy atom. The molecule has 0 aromatic heterocycles. The first-order valence-corrected chi connectivity index (χ1v) is 5.13. The summed E-state index contributed by atoms with van der Waals surface area (Å²) in [5.74, 6) is 0.665. The van der Waals surface area contributed by atoms with Crippen LogP contribution in [0.5, 0.6) is 5.75 Å². The molecule has 0 fully saturated rings. The van der Waals surface area contributed by atoms with Crippen molar-refractivity contribution >= 4 is 5.97 Å². The van der Waals surface area contributed by atoms with E-state index in [4.69, 9.17) is 9.47 Å². The highest BCUT2D eigenvalue weighted by molar-refractivity contribution is 5.65. The van der Waals surface area contributed by atoms with Gasteiger partial charge in [0.15, 0.2) is 0 Å². The molecule has 0 amide bonds. The maximum Gasteiger partial charge on any atom is 0.302 e. The number of aryl methyl sites for hydroxylation is 1. The average molecular weight is 206 g/mol. The summed E-state index contributed by atoms with van der Waals surface area (Å²) in [5.41, 5.74) is 1.23. The number of rotatable bonds is 2. The van der Waals surface area contributed by atoms with Crippen LogP contribution in [0.3, 0.4) is 0 Å². The number of benzene rings is 1. The summed E-state index contributed by atoms with van der Waals surface area (Å²) in [7, 11) is 0. The first kappa shape index (κ1) is 10.0. The molecule has 2 rings (SSSR count). The van der Waals surface area contributed by atoms with E-state index in [0.717, 1.165) is 18.6 Å². The molecular weight excluding hydrogens is 192 g/mol. The van der Waals surface area contributed by atoms with E-state index in [-0.39, 0.29) is 12.1 Å². The van der Waals surface area contributed by atoms with E-state index in [9.17, 15) is 4.79 Å². The van der Waals surface area contributed by atoms with E-state index in [2.05, 4.69) is 6.07 Å². The molecule has 1 aromatic rings. The van der Waals surface area contributed by atoms with Crippen LogP contribution in [-0.4, -0.2) is 18.7 Å². The molecule has 80 valence electrons. The third-order valence-electron chi connectivity index (χ3n) is 2.47. The third kappa shape index (κ3) is 2.49. The number of fused-ring (bicyclic) bond motifs is 1. The molecule has 0 unspecified atom stereocenters. The zero-order valence-electron chi connectivity index (χ0n) is 8.73. The molecule has 1 aromatic carbocycles. The Kier molecular flexibility index (Phi) is 2.90. The van der Waals surface area contributed by atoms with Crippen LogP contribution in [0.25, 0.3) is 0 Å². The zero-order valence-corrected chi connectivity index (χ0v) is 8.73. The van der Waals surface area contributed by atoms with Crippen LogP contribution < -0.4 is 4.74 Å². The lowest BCUT2D eigenvalue weighted by Gasteiger charge is -2.25. The summed E-state index contributed by atoms with van der Waals surface area (Å²) in [6.45, 7) is 1.76. The molecule has 0 bridgehead atoms. The van der Waals surface area contributed by atoms with Gasteiger partial charge in [0.1, 0.15) is 18.5 Å². The molecule has 0 radical (unpaired) electrons. The molecule has 3 nitrogen and oxygen atoms in total. The van der Waals surface area contributed by atoms with Gasteiger partial charge in [-0.25, -0.2) is 0 Å². The Labute approximate surface area is 89.0 Å². The van der Waals surface area contributed by atoms with Crippen LogP contribution in [-0.2, 0) is 16.0 Å². The standard InChI is InChI=1S/C12H14O3/c1-9(13)14-8-11-7-6-10-4-2-3-5-12(10)15-11/h2-5,11H,6-8H2,1H3/t11-/m0/s1. The van der Waals surface area contributed by atoms with Gasteiger partial charge >= 0.3 is 5.97 Å². The lowest BCUT2D eigenvalue weighted by molar-refractivity contribution is -0.143. The highest BCUT2D eigenvalue weighted by Crippen LogP contribution is 2.26. The third-order valence-corrected chi connectivity index (χ3v) is 2.47. The highest BCUT2D eigenvalue weighted by Gasteiger charge is 2.19. The van der Waals surface area contributed by atoms with Gasteiger partial charge in [0.25, 0.3) is 0 Å². The molecule has 0 aliphatic carbocycles. The fourth-order valence-electron chi connectivity index (χ4n) is 1.71. The fourth-order valence-corrected chi connectivity index (χ4v) is 1.71. The molecule has 3 heteroatoms. The van der Waals surface area contributed by atoms with Gasteiger partial charge in [-0.1, -0.05) is 18.2 Å². The van der Waals surface area contributed by atoms with E-state index < -0.39 is 0 Å². The summed E-state index contributed by atoms with van der Waals surface area (Å²) in [4.78, 5) is 10.7. The van der Waals surface area contributed by atoms with Crippen LogP contribution in [0.1, 0.15) is 18.9 Å². The predicted molar refractivity (Wildman–Crippen MR) is 55.8 cm³/mol. The van der Waals surface area contributed by atoms with Crippen molar-refractivity contribution in [3.05, 3.63) is 29.8 Å². The number of ether oxygens (including phenoxy) is 2. The minimum absolute atomic E-state index is 0.00352. The van der Waals surface area contributed by atoms with Crippen molar-refractivity contribution in [1.29, 1.82) is 0 Å². The second-order valence-corrected chi connectivity index (χ2v) is 3.69. The van der Waals surface area contributed by atoms with Gasteiger partial charge in [-0.3, -0.25) is 4.79 Å². The largest absolute Gasteiger partial charge is 0.487 e. The van der Waals surface area contributed by atoms with Crippen molar-refractivity contribution in [2.24, 2.45) is 0 Å². The van der Waals surface area contributed by atoms with E-state index in [0.29, 0.717) is 6.61 Å². The average Bonchev–Trinajstić information content (AvgIpc) is 2.26. The molecule has 0 spiro atoms. The fraction of sp³-hybridized carbons (Fsp3) is 0.417. The second kappa shape index (κ2) is 4.34. The van der Waals surface area contributed by atoms with Gasteiger partial charge in [-0.15, -0.1) is 0 Å². The maximum absolute atomic E-state index is 10.7. The van der Waals surface area contributed by atoms with Gasteiger partial charge < -0.3 is 9.47 Å². The van der Waals surface area contributed by atoms with Gasteiger partial charge in [0.05, 0.1) is 0 Å². The lowest BCUT2D eigenvalue weighted by Crippen LogP contribution is -2.28. The Balaban J connectivity index is 1.96. The number of para-hydroxylation sites is 1. The molecule has 1 heterocycles. The quantitative estimate of drug-likeness (QED) is 0.694. The smallest absolute Gasteiger partial charge is 0.302 e. The molecule has 1 atom stereocenters. The van der Waals surface area contributed by atoms with Crippen LogP contribution in [0.2, 0.25) is 0 Å². The van der Waals surface area contributed by atoms with Crippen molar-refractivity contribution in [1.82, 2.24) is 0 Å². The minimum atomic E-state index is -0.252. The molecule has 0 saturated heterocycles. The second-order valence-electron chi connectivity index (χ2n) is 3.69. The molecular formula is C12H14O3. The van der Waals surface area contributed by atoms with Crippen molar-refractivity contribution in [2.45, 2.75) is 25.9 Å². The Morgan fingerprint density at radius 3 is 3.13 bits per heavy atom. The zero-order chi connectivity index (χ0) is 10.7. The lowest BCUT2D eigenvalue weighted by atomic mass is 10.0. The summed E-state index contributed by atoms with van der Waals surface area (Å²) < 4.78 is 10.6. The van der Waals surface area contributed by atoms with Crippen molar-refractivity contribution in [3.8, 4) is 5.75 Å². The normalized spacial score (nSPS) is 18.9. The maximum atomic E-state index is 10.7. The van der Waals surface area contributed by atoms with Gasteiger partial charge in [0, 0.05) is 6.92 Å². The first-order valence-electron chi connectivity index (χ1n) is 5.13. The van der Waals surface area contributed by atoms with Gasteiger partial charge in [-0.2, -0.15) is 0 Å². The SMILES string of the molecule is CC(=O)OC[C@@H]1CCc2ccccc2O1. The summed E-state index contributed by atoms with van der Waals surface area (Å²) in [6.07, 6.45) is 1.90. The highest BCUT2D eigenvalue weighted by atomic mass is 16.6. The van der Waals surface area contributed by atoms with E-state index in [1.165, 1.54) is 12.5 Å². The Morgan fingerprint density at radius 1 is 1.53 bits per heavy atom. The monoisotopic (exact) mass is 206 g/mol. The first-order chi connectivity index (χ1) is 7.25. The van der Waals surface area contributed by atoms with Crippen molar-refractivity contribution in [3.63, 3.8) is 0 Å². The molecule has 0 N–H and O–H groups in total. The number of carbonyl (C=O) groups is 1. The van der Waals surface area contributed by atoms with Crippen LogP contribution in [0, 0.1) is 0 Å². The number of esters is 1. The minimum Gasteiger partial charge on any atom is -0.487 e. The predicted octanol–water partition coefficient (Wildman–Crippen LogP) is 1.94. The van der Waals surface area contributed by atoms with E-state index in [1.54, 1.807) is 0 Å². The molecule has 15 heavy (non-hydrogen) atoms. The summed E-state index contributed by atoms with van der Waals surface area (Å²) in [6, 6.07) is 7.98. The molecule has 1 aliphatic rings. The number of hydrogen-bond acceptors (Lipinski definition) is 3. The van der Waals surface area contributed by atoms with Gasteiger partial charge in [-0.05, 0) is 24.5 Å². The molecule has 0 saturated carbocycles. The summed E-state index contributed by atoms with van der Waals surface area (Å²) in [5, 5.41) is 0. The van der Waals surface area contributed by atoms with E-state index >= 15 is 0 Å². The van der Waals surface area contributed by atoms with Gasteiger partial charge in [0.2, 0.25) is 0 Å². The van der Waals surface area contributed by atoms with Crippen LogP contribution in [0.15, 0.2) is 24.3 Å². The Hall–Kier alpha value is -1.51. The van der Waals surface area contributed by atoms with E-state index in [1.807, 2.05) is 18.2 Å². The van der Waals surface area contributed by atoms with Crippen LogP contribution in [0.4, 0.5) is 0 Å². The number of carbonyl (C=O) groups excluding carboxylic acids is 1. The van der Waals surface area contributed by atoms with Crippen molar-refractivity contribution < 1.29 is 14.3 Å². The number of hydrogen-bond donors (Lipinski definition) is 0.